The summed E-state index contributed by atoms with van der Waals surface area (Å²) in [5.41, 5.74) is -0.778. The van der Waals surface area contributed by atoms with Crippen LogP contribution in [0.4, 0.5) is 0 Å². The smallest absolute Gasteiger partial charge is 0.313 e. The van der Waals surface area contributed by atoms with Crippen molar-refractivity contribution in [1.29, 1.82) is 0 Å². The maximum Gasteiger partial charge on any atom is 0.313 e. The van der Waals surface area contributed by atoms with Gasteiger partial charge in [-0.2, -0.15) is 0 Å². The normalized spacial score (nSPS) is 16.4. The van der Waals surface area contributed by atoms with E-state index < -0.39 is 11.4 Å². The number of aliphatic carboxylic acids is 1. The topological polar surface area (TPSA) is 37.3 Å². The zero-order valence-corrected chi connectivity index (χ0v) is 6.72. The van der Waals surface area contributed by atoms with Crippen LogP contribution in [0.1, 0.15) is 20.8 Å². The highest BCUT2D eigenvalue weighted by Crippen LogP contribution is 2.27. The van der Waals surface area contributed by atoms with Gasteiger partial charge < -0.3 is 5.11 Å². The van der Waals surface area contributed by atoms with Crippen molar-refractivity contribution in [3.8, 4) is 0 Å². The van der Waals surface area contributed by atoms with E-state index in [2.05, 4.69) is 6.58 Å². The first-order valence-corrected chi connectivity index (χ1v) is 3.32. The van der Waals surface area contributed by atoms with Crippen molar-refractivity contribution >= 4 is 5.97 Å². The van der Waals surface area contributed by atoms with Gasteiger partial charge in [-0.1, -0.05) is 19.9 Å². The van der Waals surface area contributed by atoms with Crippen LogP contribution in [0.25, 0.3) is 0 Å². The molecule has 0 heterocycles. The molecule has 0 radical (unpaired) electrons. The minimum atomic E-state index is -0.808. The summed E-state index contributed by atoms with van der Waals surface area (Å²) in [6, 6.07) is 0. The molecule has 0 bridgehead atoms. The van der Waals surface area contributed by atoms with Crippen LogP contribution in [-0.2, 0) is 4.79 Å². The molecule has 0 saturated heterocycles. The molecule has 0 aromatic carbocycles. The summed E-state index contributed by atoms with van der Waals surface area (Å²) in [6.07, 6.45) is 1.49. The molecule has 0 aliphatic rings. The highest BCUT2D eigenvalue weighted by atomic mass is 16.4. The van der Waals surface area contributed by atoms with E-state index in [1.165, 1.54) is 6.08 Å². The Morgan fingerprint density at radius 2 is 2.10 bits per heavy atom. The molecule has 2 nitrogen and oxygen atoms in total. The maximum atomic E-state index is 10.6. The molecule has 0 rings (SSSR count). The van der Waals surface area contributed by atoms with Crippen molar-refractivity contribution in [2.24, 2.45) is 11.3 Å². The minimum Gasteiger partial charge on any atom is -0.481 e. The zero-order chi connectivity index (χ0) is 8.36. The molecule has 1 unspecified atom stereocenters. The van der Waals surface area contributed by atoms with Gasteiger partial charge in [-0.3, -0.25) is 4.79 Å². The van der Waals surface area contributed by atoms with E-state index in [4.69, 9.17) is 5.11 Å². The third-order valence-electron chi connectivity index (χ3n) is 2.08. The first kappa shape index (κ1) is 9.21. The highest BCUT2D eigenvalue weighted by Gasteiger charge is 2.32. The van der Waals surface area contributed by atoms with E-state index >= 15 is 0 Å². The second-order valence-electron chi connectivity index (χ2n) is 2.95. The number of rotatable bonds is 3. The van der Waals surface area contributed by atoms with Crippen molar-refractivity contribution in [1.82, 2.24) is 0 Å². The van der Waals surface area contributed by atoms with Crippen LogP contribution < -0.4 is 0 Å². The Morgan fingerprint density at radius 3 is 2.10 bits per heavy atom. The monoisotopic (exact) mass is 142 g/mol. The SMILES string of the molecule is C=CC(C)(C(=O)O)C(C)C. The Balaban J connectivity index is 4.54. The Bertz CT molecular complexity index is 149. The fraction of sp³-hybridized carbons (Fsp3) is 0.625. The first-order chi connectivity index (χ1) is 4.45. The average molecular weight is 142 g/mol. The summed E-state index contributed by atoms with van der Waals surface area (Å²) in [7, 11) is 0. The molecule has 0 amide bonds. The second kappa shape index (κ2) is 2.86. The summed E-state index contributed by atoms with van der Waals surface area (Å²) >= 11 is 0. The molecule has 0 aromatic heterocycles. The fourth-order valence-corrected chi connectivity index (χ4v) is 0.570. The van der Waals surface area contributed by atoms with E-state index in [9.17, 15) is 4.79 Å². The van der Waals surface area contributed by atoms with Crippen LogP contribution in [0.5, 0.6) is 0 Å². The average Bonchev–Trinajstić information content (AvgIpc) is 1.85. The molecule has 0 fully saturated rings. The predicted molar refractivity (Wildman–Crippen MR) is 40.8 cm³/mol. The quantitative estimate of drug-likeness (QED) is 0.611. The summed E-state index contributed by atoms with van der Waals surface area (Å²) in [5, 5.41) is 8.73. The number of carboxylic acids is 1. The van der Waals surface area contributed by atoms with Crippen LogP contribution in [-0.4, -0.2) is 11.1 Å². The number of carboxylic acid groups (broad SMARTS) is 1. The minimum absolute atomic E-state index is 0.0856. The van der Waals surface area contributed by atoms with Gasteiger partial charge in [-0.25, -0.2) is 0 Å². The number of hydrogen-bond acceptors (Lipinski definition) is 1. The number of carbonyl (C=O) groups is 1. The van der Waals surface area contributed by atoms with Gasteiger partial charge >= 0.3 is 5.97 Å². The van der Waals surface area contributed by atoms with E-state index in [-0.39, 0.29) is 5.92 Å². The molecule has 0 aromatic rings. The van der Waals surface area contributed by atoms with Gasteiger partial charge in [0.15, 0.2) is 0 Å². The van der Waals surface area contributed by atoms with Gasteiger partial charge in [0.05, 0.1) is 5.41 Å². The van der Waals surface area contributed by atoms with E-state index in [1.807, 2.05) is 13.8 Å². The van der Waals surface area contributed by atoms with Crippen LogP contribution in [0, 0.1) is 11.3 Å². The molecule has 58 valence electrons. The van der Waals surface area contributed by atoms with E-state index in [0.717, 1.165) is 0 Å². The number of hydrogen-bond donors (Lipinski definition) is 1. The summed E-state index contributed by atoms with van der Waals surface area (Å²) < 4.78 is 0. The Morgan fingerprint density at radius 1 is 1.70 bits per heavy atom. The van der Waals surface area contributed by atoms with Gasteiger partial charge in [-0.05, 0) is 12.8 Å². The lowest BCUT2D eigenvalue weighted by Crippen LogP contribution is -2.30. The fourth-order valence-electron chi connectivity index (χ4n) is 0.570. The van der Waals surface area contributed by atoms with E-state index in [1.54, 1.807) is 6.92 Å². The molecule has 2 heteroatoms. The van der Waals surface area contributed by atoms with Gasteiger partial charge in [0, 0.05) is 0 Å². The first-order valence-electron chi connectivity index (χ1n) is 3.32. The zero-order valence-electron chi connectivity index (χ0n) is 6.72. The van der Waals surface area contributed by atoms with Crippen LogP contribution in [0.3, 0.4) is 0 Å². The molecular weight excluding hydrogens is 128 g/mol. The second-order valence-corrected chi connectivity index (χ2v) is 2.95. The van der Waals surface area contributed by atoms with Crippen LogP contribution >= 0.6 is 0 Å². The summed E-state index contributed by atoms with van der Waals surface area (Å²) in [5.74, 6) is -0.722. The molecule has 0 aliphatic carbocycles. The standard InChI is InChI=1S/C8H14O2/c1-5-8(4,6(2)3)7(9)10/h5-6H,1H2,2-4H3,(H,9,10). The van der Waals surface area contributed by atoms with Gasteiger partial charge in [0.2, 0.25) is 0 Å². The summed E-state index contributed by atoms with van der Waals surface area (Å²) in [4.78, 5) is 10.6. The van der Waals surface area contributed by atoms with Crippen molar-refractivity contribution in [2.45, 2.75) is 20.8 Å². The third kappa shape index (κ3) is 1.38. The molecule has 10 heavy (non-hydrogen) atoms. The molecule has 0 spiro atoms. The lowest BCUT2D eigenvalue weighted by atomic mass is 9.79. The Labute approximate surface area is 61.6 Å². The highest BCUT2D eigenvalue weighted by molar-refractivity contribution is 5.76. The van der Waals surface area contributed by atoms with Gasteiger partial charge in [0.25, 0.3) is 0 Å². The van der Waals surface area contributed by atoms with Gasteiger partial charge in [0.1, 0.15) is 0 Å². The van der Waals surface area contributed by atoms with Crippen molar-refractivity contribution in [3.05, 3.63) is 12.7 Å². The summed E-state index contributed by atoms with van der Waals surface area (Å²) in [6.45, 7) is 8.91. The molecule has 0 aliphatic heterocycles. The van der Waals surface area contributed by atoms with Gasteiger partial charge in [-0.15, -0.1) is 6.58 Å². The van der Waals surface area contributed by atoms with Crippen molar-refractivity contribution in [3.63, 3.8) is 0 Å². The molecule has 1 N–H and O–H groups in total. The molecular formula is C8H14O2. The van der Waals surface area contributed by atoms with E-state index in [0.29, 0.717) is 0 Å². The molecule has 0 saturated carbocycles. The lowest BCUT2D eigenvalue weighted by Gasteiger charge is -2.24. The predicted octanol–water partition coefficient (Wildman–Crippen LogP) is 1.92. The Hall–Kier alpha value is -0.790. The van der Waals surface area contributed by atoms with Crippen LogP contribution in [0.15, 0.2) is 12.7 Å². The lowest BCUT2D eigenvalue weighted by molar-refractivity contribution is -0.147. The van der Waals surface area contributed by atoms with Crippen molar-refractivity contribution < 1.29 is 9.90 Å². The maximum absolute atomic E-state index is 10.6. The molecule has 1 atom stereocenters. The largest absolute Gasteiger partial charge is 0.481 e. The van der Waals surface area contributed by atoms with Crippen LogP contribution in [0.2, 0.25) is 0 Å². The van der Waals surface area contributed by atoms with Crippen molar-refractivity contribution in [2.75, 3.05) is 0 Å². The third-order valence-corrected chi connectivity index (χ3v) is 2.08. The Kier molecular flexibility index (Phi) is 2.64.